The number of thioether (sulfide) groups is 1. The van der Waals surface area contributed by atoms with Gasteiger partial charge in [0, 0.05) is 4.90 Å². The van der Waals surface area contributed by atoms with E-state index in [1.807, 2.05) is 6.07 Å². The number of hydrogen-bond acceptors (Lipinski definition) is 5. The number of hydrogen-bond donors (Lipinski definition) is 1. The van der Waals surface area contributed by atoms with Crippen LogP contribution in [0.15, 0.2) is 29.2 Å². The minimum absolute atomic E-state index is 0.283. The number of nitrogens with zero attached hydrogens (tertiary/aromatic N) is 2. The van der Waals surface area contributed by atoms with Crippen LogP contribution in [-0.4, -0.2) is 21.3 Å². The summed E-state index contributed by atoms with van der Waals surface area (Å²) in [5.74, 6) is -0.292. The summed E-state index contributed by atoms with van der Waals surface area (Å²) in [4.78, 5) is 11.7. The number of aromatic carboxylic acids is 1. The summed E-state index contributed by atoms with van der Waals surface area (Å²) < 4.78 is 0.417. The van der Waals surface area contributed by atoms with E-state index < -0.39 is 5.97 Å². The fourth-order valence-corrected chi connectivity index (χ4v) is 2.96. The molecule has 0 radical (unpaired) electrons. The first-order valence-corrected chi connectivity index (χ1v) is 6.77. The molecule has 7 heteroatoms. The Morgan fingerprint density at radius 3 is 2.94 bits per heavy atom. The highest BCUT2D eigenvalue weighted by Crippen LogP contribution is 2.26. The highest BCUT2D eigenvalue weighted by atomic mass is 35.5. The second kappa shape index (κ2) is 5.48. The first kappa shape index (κ1) is 12.3. The van der Waals surface area contributed by atoms with Crippen molar-refractivity contribution in [3.8, 4) is 0 Å². The number of rotatable bonds is 4. The molecule has 0 atom stereocenters. The fraction of sp³-hybridized carbons (Fsp3) is 0.100. The van der Waals surface area contributed by atoms with Crippen molar-refractivity contribution >= 4 is 40.7 Å². The summed E-state index contributed by atoms with van der Waals surface area (Å²) in [7, 11) is 0. The molecule has 0 unspecified atom stereocenters. The van der Waals surface area contributed by atoms with Crippen molar-refractivity contribution in [3.05, 3.63) is 39.3 Å². The van der Waals surface area contributed by atoms with Crippen LogP contribution in [0.3, 0.4) is 0 Å². The topological polar surface area (TPSA) is 63.1 Å². The maximum atomic E-state index is 10.8. The lowest BCUT2D eigenvalue weighted by Crippen LogP contribution is -1.95. The Labute approximate surface area is 111 Å². The molecule has 0 aliphatic heterocycles. The van der Waals surface area contributed by atoms with Crippen molar-refractivity contribution in [2.24, 2.45) is 0 Å². The van der Waals surface area contributed by atoms with Crippen molar-refractivity contribution in [3.63, 3.8) is 0 Å². The summed E-state index contributed by atoms with van der Waals surface area (Å²) in [6.07, 6.45) is 0. The standard InChI is InChI=1S/C10H7ClN2O2S2/c11-10-13-12-8(17-10)5-16-7-3-1-2-6(4-7)9(14)15/h1-4H,5H2,(H,14,15). The molecular formula is C10H7ClN2O2S2. The molecule has 17 heavy (non-hydrogen) atoms. The number of carboxylic acids is 1. The van der Waals surface area contributed by atoms with Crippen molar-refractivity contribution in [2.75, 3.05) is 0 Å². The van der Waals surface area contributed by atoms with Crippen molar-refractivity contribution in [2.45, 2.75) is 10.6 Å². The molecule has 0 spiro atoms. The number of aromatic nitrogens is 2. The zero-order chi connectivity index (χ0) is 12.3. The lowest BCUT2D eigenvalue weighted by Gasteiger charge is -2.00. The number of halogens is 1. The Bertz CT molecular complexity index is 545. The average molecular weight is 287 g/mol. The van der Waals surface area contributed by atoms with Crippen LogP contribution >= 0.6 is 34.7 Å². The van der Waals surface area contributed by atoms with E-state index in [0.29, 0.717) is 10.2 Å². The van der Waals surface area contributed by atoms with Gasteiger partial charge in [0.15, 0.2) is 0 Å². The second-order valence-corrected chi connectivity index (χ2v) is 5.76. The van der Waals surface area contributed by atoms with Gasteiger partial charge in [-0.2, -0.15) is 0 Å². The summed E-state index contributed by atoms with van der Waals surface area (Å²) >= 11 is 8.49. The third kappa shape index (κ3) is 3.42. The third-order valence-electron chi connectivity index (χ3n) is 1.89. The zero-order valence-electron chi connectivity index (χ0n) is 8.46. The second-order valence-electron chi connectivity index (χ2n) is 3.07. The molecule has 1 aromatic heterocycles. The van der Waals surface area contributed by atoms with Gasteiger partial charge in [0.25, 0.3) is 0 Å². The largest absolute Gasteiger partial charge is 0.478 e. The fourth-order valence-electron chi connectivity index (χ4n) is 1.16. The zero-order valence-corrected chi connectivity index (χ0v) is 10.8. The van der Waals surface area contributed by atoms with Gasteiger partial charge in [-0.3, -0.25) is 0 Å². The summed E-state index contributed by atoms with van der Waals surface area (Å²) in [5.41, 5.74) is 0.283. The van der Waals surface area contributed by atoms with Gasteiger partial charge in [0.2, 0.25) is 4.47 Å². The molecule has 88 valence electrons. The van der Waals surface area contributed by atoms with Crippen LogP contribution in [0.25, 0.3) is 0 Å². The van der Waals surface area contributed by atoms with Crippen molar-refractivity contribution < 1.29 is 9.90 Å². The van der Waals surface area contributed by atoms with Crippen LogP contribution in [0.4, 0.5) is 0 Å². The molecule has 1 heterocycles. The van der Waals surface area contributed by atoms with E-state index in [1.165, 1.54) is 23.1 Å². The predicted molar refractivity (Wildman–Crippen MR) is 67.9 cm³/mol. The lowest BCUT2D eigenvalue weighted by atomic mass is 10.2. The molecule has 0 aliphatic rings. The molecule has 0 fully saturated rings. The van der Waals surface area contributed by atoms with E-state index in [1.54, 1.807) is 18.2 Å². The van der Waals surface area contributed by atoms with E-state index >= 15 is 0 Å². The minimum Gasteiger partial charge on any atom is -0.478 e. The van der Waals surface area contributed by atoms with Gasteiger partial charge in [-0.1, -0.05) is 17.4 Å². The Morgan fingerprint density at radius 2 is 2.29 bits per heavy atom. The van der Waals surface area contributed by atoms with E-state index in [-0.39, 0.29) is 5.56 Å². The number of carboxylic acid groups (broad SMARTS) is 1. The van der Waals surface area contributed by atoms with E-state index in [9.17, 15) is 4.79 Å². The third-order valence-corrected chi connectivity index (χ3v) is 4.09. The molecule has 1 N–H and O–H groups in total. The smallest absolute Gasteiger partial charge is 0.335 e. The van der Waals surface area contributed by atoms with Crippen LogP contribution in [0, 0.1) is 0 Å². The first-order valence-electron chi connectivity index (χ1n) is 4.59. The Balaban J connectivity index is 2.04. The summed E-state index contributed by atoms with van der Waals surface area (Å²) in [5, 5.41) is 17.3. The number of carbonyl (C=O) groups is 1. The summed E-state index contributed by atoms with van der Waals surface area (Å²) in [6, 6.07) is 6.78. The molecule has 2 aromatic rings. The lowest BCUT2D eigenvalue weighted by molar-refractivity contribution is 0.0696. The van der Waals surface area contributed by atoms with Crippen LogP contribution < -0.4 is 0 Å². The van der Waals surface area contributed by atoms with Crippen LogP contribution in [0.2, 0.25) is 4.47 Å². The maximum Gasteiger partial charge on any atom is 0.335 e. The highest BCUT2D eigenvalue weighted by molar-refractivity contribution is 7.98. The predicted octanol–water partition coefficient (Wildman–Crippen LogP) is 3.18. The Morgan fingerprint density at radius 1 is 1.47 bits per heavy atom. The SMILES string of the molecule is O=C(O)c1cccc(SCc2nnc(Cl)s2)c1. The Hall–Kier alpha value is -1.11. The average Bonchev–Trinajstić information content (AvgIpc) is 2.73. The highest BCUT2D eigenvalue weighted by Gasteiger charge is 2.06. The van der Waals surface area contributed by atoms with Gasteiger partial charge in [-0.05, 0) is 29.8 Å². The molecule has 0 saturated carbocycles. The van der Waals surface area contributed by atoms with Gasteiger partial charge in [0.1, 0.15) is 5.01 Å². The van der Waals surface area contributed by atoms with Crippen molar-refractivity contribution in [1.29, 1.82) is 0 Å². The van der Waals surface area contributed by atoms with Gasteiger partial charge >= 0.3 is 5.97 Å². The van der Waals surface area contributed by atoms with Crippen LogP contribution in [-0.2, 0) is 5.75 Å². The minimum atomic E-state index is -0.925. The molecule has 0 amide bonds. The molecular weight excluding hydrogens is 280 g/mol. The molecule has 4 nitrogen and oxygen atoms in total. The van der Waals surface area contributed by atoms with E-state index in [4.69, 9.17) is 16.7 Å². The van der Waals surface area contributed by atoms with E-state index in [0.717, 1.165) is 9.90 Å². The monoisotopic (exact) mass is 286 g/mol. The quantitative estimate of drug-likeness (QED) is 0.875. The van der Waals surface area contributed by atoms with Gasteiger partial charge in [-0.15, -0.1) is 22.0 Å². The molecule has 0 bridgehead atoms. The van der Waals surface area contributed by atoms with Crippen molar-refractivity contribution in [1.82, 2.24) is 10.2 Å². The molecule has 1 aromatic carbocycles. The summed E-state index contributed by atoms with van der Waals surface area (Å²) in [6.45, 7) is 0. The van der Waals surface area contributed by atoms with Gasteiger partial charge in [-0.25, -0.2) is 4.79 Å². The molecule has 0 saturated heterocycles. The maximum absolute atomic E-state index is 10.8. The molecule has 0 aliphatic carbocycles. The van der Waals surface area contributed by atoms with Gasteiger partial charge < -0.3 is 5.11 Å². The normalized spacial score (nSPS) is 10.4. The number of benzene rings is 1. The van der Waals surface area contributed by atoms with Crippen LogP contribution in [0.1, 0.15) is 15.4 Å². The first-order chi connectivity index (χ1) is 8.15. The van der Waals surface area contributed by atoms with Crippen LogP contribution in [0.5, 0.6) is 0 Å². The molecule has 2 rings (SSSR count). The van der Waals surface area contributed by atoms with E-state index in [2.05, 4.69) is 10.2 Å². The Kier molecular flexibility index (Phi) is 3.98. The van der Waals surface area contributed by atoms with Gasteiger partial charge in [0.05, 0.1) is 11.3 Å².